The van der Waals surface area contributed by atoms with Gasteiger partial charge in [0.25, 0.3) is 5.69 Å². The van der Waals surface area contributed by atoms with Crippen molar-refractivity contribution >= 4 is 25.7 Å². The molecule has 1 saturated heterocycles. The van der Waals surface area contributed by atoms with E-state index in [9.17, 15) is 40.1 Å². The molecule has 9 nitrogen and oxygen atoms in total. The minimum absolute atomic E-state index is 0.0167. The SMILES string of the molecule is Cc1cccc(S(=O)(=O)N[C@H]2CC[C@@H]3CN(S(=O)(=O)c4ccc(C(F)(F)F)cc4)C[C@@H]32)c1[N+](=O)[O-]. The Bertz CT molecular complexity index is 1360. The van der Waals surface area contributed by atoms with E-state index in [4.69, 9.17) is 0 Å². The van der Waals surface area contributed by atoms with Crippen LogP contribution < -0.4 is 4.72 Å². The van der Waals surface area contributed by atoms with Crippen molar-refractivity contribution in [2.45, 2.75) is 41.8 Å². The van der Waals surface area contributed by atoms with Gasteiger partial charge in [-0.2, -0.15) is 17.5 Å². The molecule has 0 aromatic heterocycles. The molecule has 2 aliphatic rings. The first-order chi connectivity index (χ1) is 16.2. The third-order valence-corrected chi connectivity index (χ3v) is 9.99. The fourth-order valence-corrected chi connectivity index (χ4v) is 7.98. The molecule has 14 heteroatoms. The second-order valence-corrected chi connectivity index (χ2v) is 12.4. The minimum atomic E-state index is -4.59. The molecule has 3 atom stereocenters. The number of nitrogens with zero attached hydrogens (tertiary/aromatic N) is 2. The van der Waals surface area contributed by atoms with Gasteiger partial charge in [0.1, 0.15) is 0 Å². The molecule has 0 amide bonds. The fraction of sp³-hybridized carbons (Fsp3) is 0.429. The summed E-state index contributed by atoms with van der Waals surface area (Å²) in [6, 6.07) is 6.57. The van der Waals surface area contributed by atoms with Crippen LogP contribution in [0.4, 0.5) is 18.9 Å². The highest BCUT2D eigenvalue weighted by Gasteiger charge is 2.48. The number of rotatable bonds is 6. The molecule has 2 aromatic carbocycles. The van der Waals surface area contributed by atoms with E-state index in [1.54, 1.807) is 0 Å². The summed E-state index contributed by atoms with van der Waals surface area (Å²) in [6.07, 6.45) is -3.63. The Morgan fingerprint density at radius 1 is 1.03 bits per heavy atom. The van der Waals surface area contributed by atoms with Crippen LogP contribution in [0.25, 0.3) is 0 Å². The lowest BCUT2D eigenvalue weighted by Crippen LogP contribution is -2.40. The van der Waals surface area contributed by atoms with Crippen LogP contribution in [-0.2, 0) is 26.2 Å². The smallest absolute Gasteiger partial charge is 0.258 e. The predicted molar refractivity (Wildman–Crippen MR) is 118 cm³/mol. The molecule has 0 radical (unpaired) electrons. The average Bonchev–Trinajstić information content (AvgIpc) is 3.35. The van der Waals surface area contributed by atoms with Gasteiger partial charge >= 0.3 is 6.18 Å². The molecule has 0 bridgehead atoms. The predicted octanol–water partition coefficient (Wildman–Crippen LogP) is 3.30. The van der Waals surface area contributed by atoms with Crippen molar-refractivity contribution in [3.8, 4) is 0 Å². The molecule has 4 rings (SSSR count). The highest BCUT2D eigenvalue weighted by Crippen LogP contribution is 2.41. The first-order valence-electron chi connectivity index (χ1n) is 10.7. The van der Waals surface area contributed by atoms with E-state index in [1.165, 1.54) is 19.1 Å². The summed E-state index contributed by atoms with van der Waals surface area (Å²) in [4.78, 5) is 9.96. The zero-order chi connectivity index (χ0) is 25.8. The number of halogens is 3. The summed E-state index contributed by atoms with van der Waals surface area (Å²) in [5.41, 5.74) is -1.29. The van der Waals surface area contributed by atoms with Crippen molar-refractivity contribution in [1.29, 1.82) is 0 Å². The number of hydrogen-bond donors (Lipinski definition) is 1. The molecular formula is C21H22F3N3O6S2. The molecule has 1 heterocycles. The third-order valence-electron chi connectivity index (χ3n) is 6.62. The molecule has 0 unspecified atom stereocenters. The normalized spacial score (nSPS) is 23.4. The van der Waals surface area contributed by atoms with E-state index < -0.39 is 53.3 Å². The maximum atomic E-state index is 13.0. The van der Waals surface area contributed by atoms with Gasteiger partial charge in [0.2, 0.25) is 20.0 Å². The van der Waals surface area contributed by atoms with E-state index in [2.05, 4.69) is 4.72 Å². The maximum Gasteiger partial charge on any atom is 0.416 e. The van der Waals surface area contributed by atoms with Gasteiger partial charge in [-0.25, -0.2) is 21.6 Å². The number of nitrogens with one attached hydrogen (secondary N) is 1. The molecule has 1 N–H and O–H groups in total. The zero-order valence-corrected chi connectivity index (χ0v) is 20.0. The molecule has 35 heavy (non-hydrogen) atoms. The van der Waals surface area contributed by atoms with Crippen LogP contribution in [0.5, 0.6) is 0 Å². The van der Waals surface area contributed by atoms with E-state index in [0.29, 0.717) is 25.0 Å². The summed E-state index contributed by atoms with van der Waals surface area (Å²) in [5, 5.41) is 11.5. The summed E-state index contributed by atoms with van der Waals surface area (Å²) >= 11 is 0. The maximum absolute atomic E-state index is 13.0. The largest absolute Gasteiger partial charge is 0.416 e. The molecule has 1 aliphatic carbocycles. The Morgan fingerprint density at radius 3 is 2.29 bits per heavy atom. The standard InChI is InChI=1S/C21H22F3N3O6S2/c1-13-3-2-4-19(20(13)27(28)29)34(30,31)25-18-10-5-14-11-26(12-17(14)18)35(32,33)16-8-6-15(7-9-16)21(22,23)24/h2-4,6-9,14,17-18,25H,5,10-12H2,1H3/t14-,17+,18+/m1/s1. The number of sulfonamides is 2. The number of benzene rings is 2. The average molecular weight is 534 g/mol. The molecule has 1 aliphatic heterocycles. The number of fused-ring (bicyclic) bond motifs is 1. The molecule has 2 fully saturated rings. The molecule has 0 spiro atoms. The zero-order valence-electron chi connectivity index (χ0n) is 18.4. The highest BCUT2D eigenvalue weighted by atomic mass is 32.2. The monoisotopic (exact) mass is 533 g/mol. The lowest BCUT2D eigenvalue weighted by Gasteiger charge is -2.22. The van der Waals surface area contributed by atoms with E-state index in [-0.39, 0.29) is 35.4 Å². The lowest BCUT2D eigenvalue weighted by atomic mass is 9.98. The van der Waals surface area contributed by atoms with Crippen LogP contribution in [-0.4, -0.2) is 45.2 Å². The van der Waals surface area contributed by atoms with Crippen LogP contribution in [0.15, 0.2) is 52.3 Å². The van der Waals surface area contributed by atoms with Gasteiger partial charge < -0.3 is 0 Å². The Balaban J connectivity index is 1.53. The summed E-state index contributed by atoms with van der Waals surface area (Å²) in [7, 11) is -8.36. The number of nitro benzene ring substituents is 1. The van der Waals surface area contributed by atoms with Crippen molar-refractivity contribution in [2.24, 2.45) is 11.8 Å². The summed E-state index contributed by atoms with van der Waals surface area (Å²) in [6.45, 7) is 1.53. The van der Waals surface area contributed by atoms with Crippen molar-refractivity contribution in [3.05, 3.63) is 63.7 Å². The first kappa shape index (κ1) is 25.5. The Labute approximate surface area is 200 Å². The first-order valence-corrected chi connectivity index (χ1v) is 13.6. The van der Waals surface area contributed by atoms with Crippen LogP contribution in [0.1, 0.15) is 24.0 Å². The van der Waals surface area contributed by atoms with Gasteiger partial charge in [-0.05, 0) is 61.9 Å². The second kappa shape index (κ2) is 8.84. The minimum Gasteiger partial charge on any atom is -0.258 e. The Morgan fingerprint density at radius 2 is 1.69 bits per heavy atom. The topological polar surface area (TPSA) is 127 Å². The van der Waals surface area contributed by atoms with Gasteiger partial charge in [-0.1, -0.05) is 12.1 Å². The molecular weight excluding hydrogens is 511 g/mol. The number of para-hydroxylation sites is 1. The Hall–Kier alpha value is -2.55. The molecule has 1 saturated carbocycles. The van der Waals surface area contributed by atoms with Crippen molar-refractivity contribution in [3.63, 3.8) is 0 Å². The number of alkyl halides is 3. The Kier molecular flexibility index (Phi) is 6.45. The molecule has 190 valence electrons. The number of nitro groups is 1. The van der Waals surface area contributed by atoms with Gasteiger partial charge in [0.05, 0.1) is 15.4 Å². The van der Waals surface area contributed by atoms with Crippen molar-refractivity contribution in [1.82, 2.24) is 9.03 Å². The number of hydrogen-bond acceptors (Lipinski definition) is 6. The highest BCUT2D eigenvalue weighted by molar-refractivity contribution is 7.89. The second-order valence-electron chi connectivity index (χ2n) is 8.75. The van der Waals surface area contributed by atoms with Crippen LogP contribution >= 0.6 is 0 Å². The molecule has 2 aromatic rings. The van der Waals surface area contributed by atoms with Crippen molar-refractivity contribution < 1.29 is 34.9 Å². The van der Waals surface area contributed by atoms with Crippen LogP contribution in [0, 0.1) is 28.9 Å². The van der Waals surface area contributed by atoms with Gasteiger partial charge in [-0.3, -0.25) is 10.1 Å². The van der Waals surface area contributed by atoms with E-state index in [0.717, 1.165) is 22.5 Å². The lowest BCUT2D eigenvalue weighted by molar-refractivity contribution is -0.388. The summed E-state index contributed by atoms with van der Waals surface area (Å²) in [5.74, 6) is -0.530. The van der Waals surface area contributed by atoms with Crippen LogP contribution in [0.3, 0.4) is 0 Å². The van der Waals surface area contributed by atoms with E-state index in [1.807, 2.05) is 0 Å². The summed E-state index contributed by atoms with van der Waals surface area (Å²) < 4.78 is 94.2. The van der Waals surface area contributed by atoms with Gasteiger partial charge in [0, 0.05) is 24.7 Å². The van der Waals surface area contributed by atoms with Gasteiger partial charge in [-0.15, -0.1) is 0 Å². The number of aryl methyl sites for hydroxylation is 1. The van der Waals surface area contributed by atoms with E-state index >= 15 is 0 Å². The van der Waals surface area contributed by atoms with Gasteiger partial charge in [0.15, 0.2) is 4.90 Å². The third kappa shape index (κ3) is 4.79. The quantitative estimate of drug-likeness (QED) is 0.449. The van der Waals surface area contributed by atoms with Crippen LogP contribution in [0.2, 0.25) is 0 Å². The fourth-order valence-electron chi connectivity index (χ4n) is 4.88. The van der Waals surface area contributed by atoms with Crippen molar-refractivity contribution in [2.75, 3.05) is 13.1 Å².